The molecular formula is C75H140O6. The number of allylic oxidation sites excluding steroid dienone is 6. The van der Waals surface area contributed by atoms with E-state index in [2.05, 4.69) is 57.2 Å². The lowest BCUT2D eigenvalue weighted by atomic mass is 10.0. The van der Waals surface area contributed by atoms with Crippen LogP contribution in [0.2, 0.25) is 0 Å². The zero-order valence-electron chi connectivity index (χ0n) is 54.8. The molecule has 0 aromatic carbocycles. The van der Waals surface area contributed by atoms with E-state index in [0.717, 1.165) is 77.0 Å². The molecule has 0 rings (SSSR count). The van der Waals surface area contributed by atoms with Crippen LogP contribution in [0.1, 0.15) is 406 Å². The number of ether oxygens (including phenoxy) is 3. The Hall–Kier alpha value is -2.37. The van der Waals surface area contributed by atoms with Gasteiger partial charge in [-0.15, -0.1) is 0 Å². The quantitative estimate of drug-likeness (QED) is 0.0261. The normalized spacial score (nSPS) is 12.2. The maximum atomic E-state index is 12.9. The van der Waals surface area contributed by atoms with Crippen molar-refractivity contribution in [2.75, 3.05) is 13.2 Å². The molecule has 0 saturated heterocycles. The van der Waals surface area contributed by atoms with Crippen LogP contribution in [-0.4, -0.2) is 37.2 Å². The summed E-state index contributed by atoms with van der Waals surface area (Å²) in [6, 6.07) is 0. The van der Waals surface area contributed by atoms with Crippen molar-refractivity contribution in [3.05, 3.63) is 36.5 Å². The highest BCUT2D eigenvalue weighted by molar-refractivity contribution is 5.71. The maximum absolute atomic E-state index is 12.9. The van der Waals surface area contributed by atoms with Crippen molar-refractivity contribution < 1.29 is 28.6 Å². The molecule has 0 N–H and O–H groups in total. The van der Waals surface area contributed by atoms with Gasteiger partial charge in [0.05, 0.1) is 0 Å². The van der Waals surface area contributed by atoms with Gasteiger partial charge < -0.3 is 14.2 Å². The number of hydrogen-bond donors (Lipinski definition) is 0. The van der Waals surface area contributed by atoms with Gasteiger partial charge in [0.1, 0.15) is 13.2 Å². The number of esters is 3. The molecule has 6 nitrogen and oxygen atoms in total. The second kappa shape index (κ2) is 70.1. The summed E-state index contributed by atoms with van der Waals surface area (Å²) in [5.74, 6) is -0.866. The van der Waals surface area contributed by atoms with Crippen molar-refractivity contribution in [1.29, 1.82) is 0 Å². The summed E-state index contributed by atoms with van der Waals surface area (Å²) in [6.45, 7) is 6.65. The lowest BCUT2D eigenvalue weighted by Crippen LogP contribution is -2.30. The minimum atomic E-state index is -0.779. The molecule has 6 heteroatoms. The standard InChI is InChI=1S/C75H140O6/c1-4-7-10-13-16-19-22-25-27-29-31-32-33-34-35-36-37-38-39-40-41-42-43-44-45-47-48-50-53-56-59-62-65-68-74(77)80-71-72(70-79-73(76)67-64-61-58-55-52-24-21-18-15-12-9-6-3)81-75(78)69-66-63-60-57-54-51-49-46-30-28-26-23-20-17-14-11-8-5-2/h18,20-21,23,28,30,72H,4-17,19,22,24-27,29,31-71H2,1-3H3/b21-18-,23-20-,30-28-. The maximum Gasteiger partial charge on any atom is 0.306 e. The van der Waals surface area contributed by atoms with Crippen LogP contribution in [0.25, 0.3) is 0 Å². The Kier molecular flexibility index (Phi) is 68.1. The molecule has 0 bridgehead atoms. The molecule has 81 heavy (non-hydrogen) atoms. The summed E-state index contributed by atoms with van der Waals surface area (Å²) in [4.78, 5) is 38.4. The Morgan fingerprint density at radius 1 is 0.247 bits per heavy atom. The first-order valence-corrected chi connectivity index (χ1v) is 36.5. The van der Waals surface area contributed by atoms with Crippen molar-refractivity contribution in [1.82, 2.24) is 0 Å². The largest absolute Gasteiger partial charge is 0.462 e. The summed E-state index contributed by atoms with van der Waals surface area (Å²) >= 11 is 0. The van der Waals surface area contributed by atoms with E-state index in [9.17, 15) is 14.4 Å². The fourth-order valence-corrected chi connectivity index (χ4v) is 11.1. The van der Waals surface area contributed by atoms with E-state index in [1.54, 1.807) is 0 Å². The third kappa shape index (κ3) is 68.3. The van der Waals surface area contributed by atoms with E-state index in [1.807, 2.05) is 0 Å². The van der Waals surface area contributed by atoms with E-state index < -0.39 is 6.10 Å². The summed E-state index contributed by atoms with van der Waals surface area (Å²) in [7, 11) is 0. The van der Waals surface area contributed by atoms with Gasteiger partial charge >= 0.3 is 17.9 Å². The third-order valence-corrected chi connectivity index (χ3v) is 16.6. The number of hydrogen-bond acceptors (Lipinski definition) is 6. The van der Waals surface area contributed by atoms with E-state index in [4.69, 9.17) is 14.2 Å². The lowest BCUT2D eigenvalue weighted by molar-refractivity contribution is -0.167. The molecule has 0 aliphatic heterocycles. The van der Waals surface area contributed by atoms with Crippen molar-refractivity contribution in [2.45, 2.75) is 412 Å². The van der Waals surface area contributed by atoms with Crippen LogP contribution in [-0.2, 0) is 28.6 Å². The van der Waals surface area contributed by atoms with Gasteiger partial charge in [-0.25, -0.2) is 0 Å². The van der Waals surface area contributed by atoms with Crippen molar-refractivity contribution in [2.24, 2.45) is 0 Å². The molecule has 1 atom stereocenters. The van der Waals surface area contributed by atoms with Crippen LogP contribution in [0.4, 0.5) is 0 Å². The zero-order chi connectivity index (χ0) is 58.5. The van der Waals surface area contributed by atoms with Crippen LogP contribution in [0.15, 0.2) is 36.5 Å². The summed E-state index contributed by atoms with van der Waals surface area (Å²) in [6.07, 6.45) is 87.7. The number of rotatable bonds is 68. The highest BCUT2D eigenvalue weighted by Gasteiger charge is 2.19. The van der Waals surface area contributed by atoms with Gasteiger partial charge in [0.15, 0.2) is 6.10 Å². The molecule has 476 valence electrons. The molecule has 0 aromatic heterocycles. The topological polar surface area (TPSA) is 78.9 Å². The Labute approximate surface area is 506 Å². The van der Waals surface area contributed by atoms with Crippen LogP contribution < -0.4 is 0 Å². The average molecular weight is 1140 g/mol. The molecule has 0 aliphatic rings. The van der Waals surface area contributed by atoms with Crippen molar-refractivity contribution in [3.8, 4) is 0 Å². The van der Waals surface area contributed by atoms with E-state index in [-0.39, 0.29) is 31.1 Å². The number of carbonyl (C=O) groups excluding carboxylic acids is 3. The summed E-state index contributed by atoms with van der Waals surface area (Å²) in [5, 5.41) is 0. The Morgan fingerprint density at radius 2 is 0.444 bits per heavy atom. The molecule has 0 spiro atoms. The molecule has 0 aliphatic carbocycles. The van der Waals surface area contributed by atoms with Crippen molar-refractivity contribution in [3.63, 3.8) is 0 Å². The van der Waals surface area contributed by atoms with Crippen LogP contribution >= 0.6 is 0 Å². The minimum absolute atomic E-state index is 0.0738. The first-order chi connectivity index (χ1) is 40.0. The Bertz CT molecular complexity index is 1350. The van der Waals surface area contributed by atoms with Gasteiger partial charge in [0.25, 0.3) is 0 Å². The van der Waals surface area contributed by atoms with Gasteiger partial charge in [-0.05, 0) is 77.0 Å². The van der Waals surface area contributed by atoms with Gasteiger partial charge in [-0.1, -0.05) is 346 Å². The van der Waals surface area contributed by atoms with E-state index >= 15 is 0 Å². The predicted octanol–water partition coefficient (Wildman–Crippen LogP) is 25.1. The SMILES string of the molecule is CCCCC/C=C\CCCCCCCC(=O)OCC(COC(=O)CCCCCCCCCCCCCCCCCCCCCCCCCCCCCCCCCCC)OC(=O)CCCCCCCCC/C=C\C/C=C\CCCCCC. The molecular weight excluding hydrogens is 997 g/mol. The summed E-state index contributed by atoms with van der Waals surface area (Å²) < 4.78 is 17.0. The fraction of sp³-hybridized carbons (Fsp3) is 0.880. The molecule has 0 saturated carbocycles. The Balaban J connectivity index is 4.09. The lowest BCUT2D eigenvalue weighted by Gasteiger charge is -2.18. The van der Waals surface area contributed by atoms with Gasteiger partial charge in [-0.3, -0.25) is 14.4 Å². The first kappa shape index (κ1) is 78.6. The molecule has 0 fully saturated rings. The molecule has 0 aromatic rings. The van der Waals surface area contributed by atoms with E-state index in [0.29, 0.717) is 19.3 Å². The third-order valence-electron chi connectivity index (χ3n) is 16.6. The van der Waals surface area contributed by atoms with E-state index in [1.165, 1.54) is 289 Å². The van der Waals surface area contributed by atoms with Crippen LogP contribution in [0.3, 0.4) is 0 Å². The van der Waals surface area contributed by atoms with Crippen molar-refractivity contribution >= 4 is 17.9 Å². The first-order valence-electron chi connectivity index (χ1n) is 36.5. The highest BCUT2D eigenvalue weighted by atomic mass is 16.6. The molecule has 0 radical (unpaired) electrons. The second-order valence-electron chi connectivity index (χ2n) is 24.9. The van der Waals surface area contributed by atoms with Gasteiger partial charge in [-0.2, -0.15) is 0 Å². The van der Waals surface area contributed by atoms with Crippen LogP contribution in [0, 0.1) is 0 Å². The van der Waals surface area contributed by atoms with Crippen LogP contribution in [0.5, 0.6) is 0 Å². The number of unbranched alkanes of at least 4 members (excludes halogenated alkanes) is 51. The van der Waals surface area contributed by atoms with Gasteiger partial charge in [0.2, 0.25) is 0 Å². The zero-order valence-corrected chi connectivity index (χ0v) is 54.8. The highest BCUT2D eigenvalue weighted by Crippen LogP contribution is 2.19. The average Bonchev–Trinajstić information content (AvgIpc) is 3.47. The molecule has 0 heterocycles. The fourth-order valence-electron chi connectivity index (χ4n) is 11.1. The van der Waals surface area contributed by atoms with Gasteiger partial charge in [0, 0.05) is 19.3 Å². The smallest absolute Gasteiger partial charge is 0.306 e. The Morgan fingerprint density at radius 3 is 0.728 bits per heavy atom. The molecule has 1 unspecified atom stereocenters. The molecule has 0 amide bonds. The predicted molar refractivity (Wildman–Crippen MR) is 353 cm³/mol. The second-order valence-corrected chi connectivity index (χ2v) is 24.9. The number of carbonyl (C=O) groups is 3. The minimum Gasteiger partial charge on any atom is -0.462 e. The summed E-state index contributed by atoms with van der Waals surface area (Å²) in [5.41, 5.74) is 0. The monoisotopic (exact) mass is 1140 g/mol.